The van der Waals surface area contributed by atoms with E-state index in [1.54, 1.807) is 12.1 Å². The summed E-state index contributed by atoms with van der Waals surface area (Å²) >= 11 is 0. The van der Waals surface area contributed by atoms with E-state index in [0.29, 0.717) is 24.1 Å². The maximum Gasteiger partial charge on any atom is 0.236 e. The summed E-state index contributed by atoms with van der Waals surface area (Å²) in [6.45, 7) is 0.883. The molecule has 2 aliphatic rings. The van der Waals surface area contributed by atoms with Gasteiger partial charge in [0.1, 0.15) is 11.2 Å². The lowest BCUT2D eigenvalue weighted by Crippen LogP contribution is -2.50. The number of rotatable bonds is 5. The second-order valence-corrected chi connectivity index (χ2v) is 6.77. The fraction of sp³-hybridized carbons (Fsp3) is 0.556. The van der Waals surface area contributed by atoms with E-state index >= 15 is 0 Å². The minimum absolute atomic E-state index is 0.0806. The summed E-state index contributed by atoms with van der Waals surface area (Å²) in [7, 11) is 0. The molecule has 0 spiro atoms. The average Bonchev–Trinajstić information content (AvgIpc) is 3.23. The summed E-state index contributed by atoms with van der Waals surface area (Å²) in [5, 5.41) is 5.60. The van der Waals surface area contributed by atoms with Gasteiger partial charge in [0.15, 0.2) is 0 Å². The van der Waals surface area contributed by atoms with Crippen molar-refractivity contribution >= 4 is 11.8 Å². The van der Waals surface area contributed by atoms with Crippen LogP contribution < -0.4 is 16.4 Å². The number of carbonyl (C=O) groups excluding carboxylic acids is 2. The van der Waals surface area contributed by atoms with E-state index in [0.717, 1.165) is 25.7 Å². The van der Waals surface area contributed by atoms with Gasteiger partial charge in [-0.15, -0.1) is 0 Å². The first kappa shape index (κ1) is 16.9. The molecule has 1 aromatic rings. The number of carbonyl (C=O) groups is 2. The molecule has 1 aliphatic carbocycles. The number of benzene rings is 1. The molecule has 1 saturated carbocycles. The molecule has 1 aliphatic heterocycles. The molecule has 1 heterocycles. The Bertz CT molecular complexity index is 643. The van der Waals surface area contributed by atoms with Crippen LogP contribution in [-0.4, -0.2) is 18.4 Å². The Kier molecular flexibility index (Phi) is 4.85. The van der Waals surface area contributed by atoms with Gasteiger partial charge in [-0.1, -0.05) is 25.0 Å². The minimum Gasteiger partial charge on any atom is -0.355 e. The third-order valence-corrected chi connectivity index (χ3v) is 5.46. The highest BCUT2D eigenvalue weighted by atomic mass is 19.1. The molecule has 0 bridgehead atoms. The smallest absolute Gasteiger partial charge is 0.236 e. The van der Waals surface area contributed by atoms with Crippen LogP contribution in [0.25, 0.3) is 0 Å². The molecule has 0 radical (unpaired) electrons. The Morgan fingerprint density at radius 3 is 2.71 bits per heavy atom. The number of hydrogen-bond donors (Lipinski definition) is 3. The van der Waals surface area contributed by atoms with E-state index in [1.807, 2.05) is 0 Å². The Hall–Kier alpha value is -1.95. The molecular weight excluding hydrogens is 309 g/mol. The molecule has 2 amide bonds. The van der Waals surface area contributed by atoms with Crippen LogP contribution in [0.5, 0.6) is 0 Å². The quantitative estimate of drug-likeness (QED) is 0.716. The standard InChI is InChI=1S/C18H24FN3O2/c19-15-9-12(10-20)5-6-13(15)11-22-17(24)18(7-8-21-16(18)23)14-3-1-2-4-14/h5-6,9,14H,1-4,7-8,10-11,20H2,(H,21,23)(H,22,24). The zero-order valence-corrected chi connectivity index (χ0v) is 13.7. The van der Waals surface area contributed by atoms with Gasteiger partial charge < -0.3 is 16.4 Å². The summed E-state index contributed by atoms with van der Waals surface area (Å²) in [5.41, 5.74) is 5.63. The molecule has 5 nitrogen and oxygen atoms in total. The summed E-state index contributed by atoms with van der Waals surface area (Å²) in [4.78, 5) is 25.3. The van der Waals surface area contributed by atoms with Crippen molar-refractivity contribution in [3.05, 3.63) is 35.1 Å². The lowest BCUT2D eigenvalue weighted by Gasteiger charge is -2.31. The van der Waals surface area contributed by atoms with Crippen molar-refractivity contribution < 1.29 is 14.0 Å². The number of nitrogens with two attached hydrogens (primary N) is 1. The first-order chi connectivity index (χ1) is 11.6. The van der Waals surface area contributed by atoms with Gasteiger partial charge >= 0.3 is 0 Å². The molecule has 2 fully saturated rings. The zero-order valence-electron chi connectivity index (χ0n) is 13.7. The normalized spacial score (nSPS) is 24.2. The van der Waals surface area contributed by atoms with Crippen LogP contribution in [-0.2, 0) is 22.7 Å². The van der Waals surface area contributed by atoms with Crippen molar-refractivity contribution in [1.82, 2.24) is 10.6 Å². The predicted octanol–water partition coefficient (Wildman–Crippen LogP) is 1.60. The predicted molar refractivity (Wildman–Crippen MR) is 88.2 cm³/mol. The van der Waals surface area contributed by atoms with Crippen LogP contribution in [0.2, 0.25) is 0 Å². The van der Waals surface area contributed by atoms with Gasteiger partial charge in [0.25, 0.3) is 0 Å². The van der Waals surface area contributed by atoms with Crippen molar-refractivity contribution in [3.63, 3.8) is 0 Å². The number of nitrogens with one attached hydrogen (secondary N) is 2. The molecule has 6 heteroatoms. The third kappa shape index (κ3) is 2.90. The molecule has 130 valence electrons. The highest BCUT2D eigenvalue weighted by Gasteiger charge is 2.54. The van der Waals surface area contributed by atoms with Crippen molar-refractivity contribution in [2.24, 2.45) is 17.1 Å². The highest BCUT2D eigenvalue weighted by molar-refractivity contribution is 6.06. The Morgan fingerprint density at radius 2 is 2.12 bits per heavy atom. The molecule has 1 atom stereocenters. The topological polar surface area (TPSA) is 84.2 Å². The second-order valence-electron chi connectivity index (χ2n) is 6.77. The maximum absolute atomic E-state index is 14.1. The van der Waals surface area contributed by atoms with E-state index in [1.165, 1.54) is 6.07 Å². The Morgan fingerprint density at radius 1 is 1.38 bits per heavy atom. The summed E-state index contributed by atoms with van der Waals surface area (Å²) < 4.78 is 14.1. The molecule has 1 aromatic carbocycles. The first-order valence-corrected chi connectivity index (χ1v) is 8.62. The van der Waals surface area contributed by atoms with Crippen molar-refractivity contribution in [2.75, 3.05) is 6.54 Å². The zero-order chi connectivity index (χ0) is 17.2. The fourth-order valence-corrected chi connectivity index (χ4v) is 4.05. The SMILES string of the molecule is NCc1ccc(CNC(=O)C2(C3CCCC3)CCNC2=O)c(F)c1. The van der Waals surface area contributed by atoms with Crippen molar-refractivity contribution in [2.45, 2.75) is 45.2 Å². The lowest BCUT2D eigenvalue weighted by molar-refractivity contribution is -0.144. The van der Waals surface area contributed by atoms with E-state index in [9.17, 15) is 14.0 Å². The largest absolute Gasteiger partial charge is 0.355 e. The summed E-state index contributed by atoms with van der Waals surface area (Å²) in [6.07, 6.45) is 4.45. The van der Waals surface area contributed by atoms with E-state index in [2.05, 4.69) is 10.6 Å². The van der Waals surface area contributed by atoms with Gasteiger partial charge in [-0.2, -0.15) is 0 Å². The van der Waals surface area contributed by atoms with Crippen molar-refractivity contribution in [1.29, 1.82) is 0 Å². The third-order valence-electron chi connectivity index (χ3n) is 5.46. The number of amides is 2. The number of hydrogen-bond acceptors (Lipinski definition) is 3. The second kappa shape index (κ2) is 6.89. The average molecular weight is 333 g/mol. The van der Waals surface area contributed by atoms with Crippen molar-refractivity contribution in [3.8, 4) is 0 Å². The first-order valence-electron chi connectivity index (χ1n) is 8.62. The van der Waals surface area contributed by atoms with Crippen LogP contribution in [0.15, 0.2) is 18.2 Å². The van der Waals surface area contributed by atoms with Crippen LogP contribution in [0.4, 0.5) is 4.39 Å². The molecule has 1 unspecified atom stereocenters. The highest BCUT2D eigenvalue weighted by Crippen LogP contribution is 2.44. The maximum atomic E-state index is 14.1. The monoisotopic (exact) mass is 333 g/mol. The minimum atomic E-state index is -0.982. The fourth-order valence-electron chi connectivity index (χ4n) is 4.05. The van der Waals surface area contributed by atoms with Gasteiger partial charge in [0.2, 0.25) is 11.8 Å². The molecule has 4 N–H and O–H groups in total. The van der Waals surface area contributed by atoms with Crippen LogP contribution in [0.1, 0.15) is 43.2 Å². The van der Waals surface area contributed by atoms with Gasteiger partial charge in [-0.05, 0) is 36.8 Å². The van der Waals surface area contributed by atoms with Crippen LogP contribution >= 0.6 is 0 Å². The van der Waals surface area contributed by atoms with E-state index in [4.69, 9.17) is 5.73 Å². The Labute approximate surface area is 141 Å². The van der Waals surface area contributed by atoms with E-state index in [-0.39, 0.29) is 36.6 Å². The van der Waals surface area contributed by atoms with E-state index < -0.39 is 5.41 Å². The molecule has 0 aromatic heterocycles. The van der Waals surface area contributed by atoms with Gasteiger partial charge in [0, 0.05) is 25.2 Å². The lowest BCUT2D eigenvalue weighted by atomic mass is 9.72. The summed E-state index contributed by atoms with van der Waals surface area (Å²) in [6, 6.07) is 4.77. The Balaban J connectivity index is 1.74. The molecule has 3 rings (SSSR count). The molecule has 24 heavy (non-hydrogen) atoms. The molecular formula is C18H24FN3O2. The van der Waals surface area contributed by atoms with Crippen LogP contribution in [0.3, 0.4) is 0 Å². The summed E-state index contributed by atoms with van der Waals surface area (Å²) in [5.74, 6) is -0.744. The molecule has 1 saturated heterocycles. The van der Waals surface area contributed by atoms with Gasteiger partial charge in [0.05, 0.1) is 0 Å². The van der Waals surface area contributed by atoms with Crippen LogP contribution in [0, 0.1) is 17.2 Å². The van der Waals surface area contributed by atoms with Gasteiger partial charge in [-0.25, -0.2) is 4.39 Å². The number of halogens is 1. The van der Waals surface area contributed by atoms with Gasteiger partial charge in [-0.3, -0.25) is 9.59 Å².